The summed E-state index contributed by atoms with van der Waals surface area (Å²) in [4.78, 5) is 18.8. The SMILES string of the molecule is CN(C)CCC1=NC2(CCCCC2)C(=O)NN1. The molecule has 96 valence electrons. The standard InChI is InChI=1S/C12H22N4O/c1-16(2)9-6-10-13-12(11(17)15-14-10)7-4-3-5-8-12/h3-9H2,1-2H3,(H,13,14)(H,15,17). The molecule has 1 aliphatic carbocycles. The van der Waals surface area contributed by atoms with Crippen LogP contribution in [0.3, 0.4) is 0 Å². The summed E-state index contributed by atoms with van der Waals surface area (Å²) in [7, 11) is 4.08. The molecule has 5 nitrogen and oxygen atoms in total. The summed E-state index contributed by atoms with van der Waals surface area (Å²) >= 11 is 0. The van der Waals surface area contributed by atoms with Crippen LogP contribution in [-0.4, -0.2) is 42.8 Å². The zero-order valence-corrected chi connectivity index (χ0v) is 10.8. The second kappa shape index (κ2) is 5.04. The van der Waals surface area contributed by atoms with Crippen molar-refractivity contribution in [3.63, 3.8) is 0 Å². The molecule has 1 spiro atoms. The fourth-order valence-electron chi connectivity index (χ4n) is 2.51. The van der Waals surface area contributed by atoms with Gasteiger partial charge in [0.2, 0.25) is 0 Å². The summed E-state index contributed by atoms with van der Waals surface area (Å²) in [5.74, 6) is 0.964. The third-order valence-electron chi connectivity index (χ3n) is 3.57. The van der Waals surface area contributed by atoms with Crippen molar-refractivity contribution in [2.24, 2.45) is 4.99 Å². The number of hydrazine groups is 1. The monoisotopic (exact) mass is 238 g/mol. The maximum Gasteiger partial charge on any atom is 0.266 e. The van der Waals surface area contributed by atoms with Crippen molar-refractivity contribution < 1.29 is 4.79 Å². The van der Waals surface area contributed by atoms with Crippen LogP contribution in [0.25, 0.3) is 0 Å². The summed E-state index contributed by atoms with van der Waals surface area (Å²) < 4.78 is 0. The zero-order chi connectivity index (χ0) is 12.3. The average molecular weight is 238 g/mol. The molecule has 0 aromatic rings. The van der Waals surface area contributed by atoms with E-state index in [-0.39, 0.29) is 5.91 Å². The Balaban J connectivity index is 2.07. The minimum absolute atomic E-state index is 0.0470. The third kappa shape index (κ3) is 2.77. The van der Waals surface area contributed by atoms with Gasteiger partial charge in [0.25, 0.3) is 5.91 Å². The number of nitrogens with zero attached hydrogens (tertiary/aromatic N) is 2. The van der Waals surface area contributed by atoms with E-state index in [2.05, 4.69) is 15.8 Å². The van der Waals surface area contributed by atoms with Crippen LogP contribution in [0.2, 0.25) is 0 Å². The molecule has 1 saturated carbocycles. The number of hydrogen-bond acceptors (Lipinski definition) is 4. The van der Waals surface area contributed by atoms with E-state index in [0.29, 0.717) is 0 Å². The lowest BCUT2D eigenvalue weighted by Gasteiger charge is -2.36. The molecular formula is C12H22N4O. The van der Waals surface area contributed by atoms with E-state index in [1.807, 2.05) is 14.1 Å². The highest BCUT2D eigenvalue weighted by Gasteiger charge is 2.41. The van der Waals surface area contributed by atoms with Crippen molar-refractivity contribution in [1.82, 2.24) is 15.8 Å². The first kappa shape index (κ1) is 12.4. The van der Waals surface area contributed by atoms with Gasteiger partial charge in [-0.15, -0.1) is 0 Å². The topological polar surface area (TPSA) is 56.7 Å². The third-order valence-corrected chi connectivity index (χ3v) is 3.57. The van der Waals surface area contributed by atoms with Gasteiger partial charge >= 0.3 is 0 Å². The Morgan fingerprint density at radius 3 is 2.59 bits per heavy atom. The van der Waals surface area contributed by atoms with Gasteiger partial charge < -0.3 is 4.90 Å². The second-order valence-electron chi connectivity index (χ2n) is 5.28. The number of hydrogen-bond donors (Lipinski definition) is 2. The van der Waals surface area contributed by atoms with Crippen LogP contribution < -0.4 is 10.9 Å². The van der Waals surface area contributed by atoms with Crippen molar-refractivity contribution in [3.8, 4) is 0 Å². The highest BCUT2D eigenvalue weighted by atomic mass is 16.2. The summed E-state index contributed by atoms with van der Waals surface area (Å²) in [5.41, 5.74) is 5.23. The lowest BCUT2D eigenvalue weighted by Crippen LogP contribution is -2.58. The molecule has 1 amide bonds. The Morgan fingerprint density at radius 1 is 1.24 bits per heavy atom. The Labute approximate surface area is 103 Å². The Hall–Kier alpha value is -1.10. The molecule has 0 saturated heterocycles. The van der Waals surface area contributed by atoms with E-state index in [9.17, 15) is 4.79 Å². The smallest absolute Gasteiger partial charge is 0.266 e. The van der Waals surface area contributed by atoms with Gasteiger partial charge in [-0.3, -0.25) is 20.6 Å². The summed E-state index contributed by atoms with van der Waals surface area (Å²) in [5, 5.41) is 0. The quantitative estimate of drug-likeness (QED) is 0.760. The Kier molecular flexibility index (Phi) is 3.66. The molecule has 0 unspecified atom stereocenters. The fourth-order valence-corrected chi connectivity index (χ4v) is 2.51. The van der Waals surface area contributed by atoms with Crippen LogP contribution in [0.1, 0.15) is 38.5 Å². The minimum Gasteiger partial charge on any atom is -0.309 e. The average Bonchev–Trinajstić information content (AvgIpc) is 2.32. The van der Waals surface area contributed by atoms with E-state index in [0.717, 1.165) is 44.5 Å². The molecular weight excluding hydrogens is 216 g/mol. The number of rotatable bonds is 3. The number of nitrogens with one attached hydrogen (secondary N) is 2. The minimum atomic E-state index is -0.467. The lowest BCUT2D eigenvalue weighted by molar-refractivity contribution is -0.128. The predicted octanol–water partition coefficient (Wildman–Crippen LogP) is 0.674. The van der Waals surface area contributed by atoms with Gasteiger partial charge in [-0.05, 0) is 26.9 Å². The van der Waals surface area contributed by atoms with Crippen LogP contribution in [0.5, 0.6) is 0 Å². The molecule has 1 fully saturated rings. The van der Waals surface area contributed by atoms with Crippen LogP contribution in [0.4, 0.5) is 0 Å². The molecule has 2 rings (SSSR count). The maximum atomic E-state index is 12.0. The van der Waals surface area contributed by atoms with Crippen LogP contribution in [0, 0.1) is 0 Å². The van der Waals surface area contributed by atoms with Gasteiger partial charge in [0.05, 0.1) is 0 Å². The normalized spacial score (nSPS) is 23.2. The van der Waals surface area contributed by atoms with E-state index in [1.54, 1.807) is 0 Å². The molecule has 1 heterocycles. The maximum absolute atomic E-state index is 12.0. The number of aliphatic imine (C=N–C) groups is 1. The fraction of sp³-hybridized carbons (Fsp3) is 0.833. The zero-order valence-electron chi connectivity index (χ0n) is 10.8. The van der Waals surface area contributed by atoms with E-state index < -0.39 is 5.54 Å². The van der Waals surface area contributed by atoms with Crippen molar-refractivity contribution in [1.29, 1.82) is 0 Å². The molecule has 17 heavy (non-hydrogen) atoms. The molecule has 0 aromatic carbocycles. The summed E-state index contributed by atoms with van der Waals surface area (Å²) in [6.45, 7) is 0.942. The first-order valence-electron chi connectivity index (χ1n) is 6.42. The van der Waals surface area contributed by atoms with Crippen LogP contribution >= 0.6 is 0 Å². The lowest BCUT2D eigenvalue weighted by atomic mass is 9.81. The summed E-state index contributed by atoms with van der Waals surface area (Å²) in [6, 6.07) is 0. The number of carbonyl (C=O) groups is 1. The van der Waals surface area contributed by atoms with Gasteiger partial charge in [0, 0.05) is 13.0 Å². The van der Waals surface area contributed by atoms with Crippen LogP contribution in [0.15, 0.2) is 4.99 Å². The van der Waals surface area contributed by atoms with Gasteiger partial charge in [0.1, 0.15) is 11.4 Å². The molecule has 0 atom stereocenters. The van der Waals surface area contributed by atoms with E-state index >= 15 is 0 Å². The molecule has 5 heteroatoms. The molecule has 2 aliphatic rings. The first-order valence-corrected chi connectivity index (χ1v) is 6.42. The molecule has 1 aliphatic heterocycles. The Bertz CT molecular complexity index is 318. The van der Waals surface area contributed by atoms with Gasteiger partial charge in [-0.2, -0.15) is 0 Å². The van der Waals surface area contributed by atoms with Gasteiger partial charge in [-0.25, -0.2) is 0 Å². The van der Waals surface area contributed by atoms with Gasteiger partial charge in [-0.1, -0.05) is 19.3 Å². The number of carbonyl (C=O) groups excluding carboxylic acids is 1. The molecule has 0 aromatic heterocycles. The van der Waals surface area contributed by atoms with Gasteiger partial charge in [0.15, 0.2) is 0 Å². The largest absolute Gasteiger partial charge is 0.309 e. The highest BCUT2D eigenvalue weighted by Crippen LogP contribution is 2.33. The Morgan fingerprint density at radius 2 is 1.94 bits per heavy atom. The molecule has 0 bridgehead atoms. The molecule has 2 N–H and O–H groups in total. The molecule has 0 radical (unpaired) electrons. The van der Waals surface area contributed by atoms with Crippen molar-refractivity contribution in [2.75, 3.05) is 20.6 Å². The first-order chi connectivity index (χ1) is 8.12. The summed E-state index contributed by atoms with van der Waals surface area (Å²) in [6.07, 6.45) is 6.09. The highest BCUT2D eigenvalue weighted by molar-refractivity contribution is 5.96. The second-order valence-corrected chi connectivity index (χ2v) is 5.28. The van der Waals surface area contributed by atoms with Crippen molar-refractivity contribution in [3.05, 3.63) is 0 Å². The van der Waals surface area contributed by atoms with E-state index in [4.69, 9.17) is 4.99 Å². The van der Waals surface area contributed by atoms with Crippen molar-refractivity contribution >= 4 is 11.7 Å². The van der Waals surface area contributed by atoms with Crippen molar-refractivity contribution in [2.45, 2.75) is 44.1 Å². The number of amidine groups is 1. The van der Waals surface area contributed by atoms with E-state index in [1.165, 1.54) is 6.42 Å². The van der Waals surface area contributed by atoms with Crippen LogP contribution in [-0.2, 0) is 4.79 Å². The number of amides is 1. The predicted molar refractivity (Wildman–Crippen MR) is 67.7 cm³/mol.